The van der Waals surface area contributed by atoms with E-state index in [0.29, 0.717) is 19.0 Å². The Morgan fingerprint density at radius 1 is 1.30 bits per heavy atom. The monoisotopic (exact) mass is 318 g/mol. The number of carbonyl (C=O) groups excluding carboxylic acids is 2. The van der Waals surface area contributed by atoms with Gasteiger partial charge in [-0.2, -0.15) is 0 Å². The number of rotatable bonds is 6. The van der Waals surface area contributed by atoms with Crippen LogP contribution in [0.4, 0.5) is 0 Å². The van der Waals surface area contributed by atoms with Crippen LogP contribution in [0.15, 0.2) is 30.3 Å². The predicted molar refractivity (Wildman–Crippen MR) is 88.8 cm³/mol. The van der Waals surface area contributed by atoms with Crippen molar-refractivity contribution in [3.63, 3.8) is 0 Å². The maximum absolute atomic E-state index is 12.2. The maximum atomic E-state index is 12.2. The molecule has 0 spiro atoms. The van der Waals surface area contributed by atoms with Crippen molar-refractivity contribution in [2.24, 2.45) is 0 Å². The van der Waals surface area contributed by atoms with E-state index in [4.69, 9.17) is 4.74 Å². The molecule has 2 amide bonds. The smallest absolute Gasteiger partial charge is 0.253 e. The van der Waals surface area contributed by atoms with Crippen molar-refractivity contribution in [1.82, 2.24) is 10.2 Å². The molecule has 0 radical (unpaired) electrons. The maximum Gasteiger partial charge on any atom is 0.253 e. The number of amides is 2. The number of likely N-dealkylation sites (tertiary alicyclic amines) is 1. The van der Waals surface area contributed by atoms with Gasteiger partial charge in [-0.1, -0.05) is 30.3 Å². The lowest BCUT2D eigenvalue weighted by Crippen LogP contribution is -2.43. The van der Waals surface area contributed by atoms with Crippen LogP contribution in [0.2, 0.25) is 0 Å². The predicted octanol–water partition coefficient (Wildman–Crippen LogP) is 2.28. The zero-order chi connectivity index (χ0) is 16.7. The van der Waals surface area contributed by atoms with Gasteiger partial charge in [-0.05, 0) is 31.7 Å². The van der Waals surface area contributed by atoms with Crippen LogP contribution in [0.3, 0.4) is 0 Å². The van der Waals surface area contributed by atoms with Crippen molar-refractivity contribution in [1.29, 1.82) is 0 Å². The molecule has 0 bridgehead atoms. The van der Waals surface area contributed by atoms with E-state index in [-0.39, 0.29) is 11.8 Å². The van der Waals surface area contributed by atoms with Gasteiger partial charge in [0.25, 0.3) is 5.91 Å². The summed E-state index contributed by atoms with van der Waals surface area (Å²) in [5, 5.41) is 2.81. The van der Waals surface area contributed by atoms with Gasteiger partial charge in [-0.3, -0.25) is 9.59 Å². The van der Waals surface area contributed by atoms with Gasteiger partial charge in [0, 0.05) is 32.7 Å². The molecule has 1 aliphatic heterocycles. The van der Waals surface area contributed by atoms with Gasteiger partial charge in [0.1, 0.15) is 0 Å². The molecule has 1 N–H and O–H groups in total. The molecular formula is C18H26N2O3. The van der Waals surface area contributed by atoms with Crippen molar-refractivity contribution in [2.45, 2.75) is 44.8 Å². The van der Waals surface area contributed by atoms with Crippen molar-refractivity contribution in [3.8, 4) is 0 Å². The second kappa shape index (κ2) is 8.67. The molecule has 0 saturated carbocycles. The number of methoxy groups -OCH3 is 1. The summed E-state index contributed by atoms with van der Waals surface area (Å²) in [7, 11) is 1.51. The van der Waals surface area contributed by atoms with E-state index in [1.54, 1.807) is 0 Å². The summed E-state index contributed by atoms with van der Waals surface area (Å²) in [6, 6.07) is 9.66. The van der Waals surface area contributed by atoms with Crippen LogP contribution >= 0.6 is 0 Å². The molecule has 126 valence electrons. The van der Waals surface area contributed by atoms with Crippen LogP contribution < -0.4 is 5.32 Å². The van der Waals surface area contributed by atoms with Crippen LogP contribution in [0.5, 0.6) is 0 Å². The van der Waals surface area contributed by atoms with Crippen LogP contribution in [0.1, 0.15) is 44.3 Å². The van der Waals surface area contributed by atoms with Gasteiger partial charge in [0.05, 0.1) is 0 Å². The minimum Gasteiger partial charge on any atom is -0.367 e. The summed E-state index contributed by atoms with van der Waals surface area (Å²) in [4.78, 5) is 26.4. The van der Waals surface area contributed by atoms with Crippen LogP contribution in [0, 0.1) is 0 Å². The SMILES string of the molecule is CO[C@@H](C(=O)NCCC(=O)N1CCCC[C@H]1C)c1ccccc1. The first-order valence-corrected chi connectivity index (χ1v) is 8.28. The first kappa shape index (κ1) is 17.5. The fourth-order valence-electron chi connectivity index (χ4n) is 3.02. The Kier molecular flexibility index (Phi) is 6.59. The summed E-state index contributed by atoms with van der Waals surface area (Å²) in [6.45, 7) is 3.26. The number of benzene rings is 1. The normalized spacial score (nSPS) is 19.2. The summed E-state index contributed by atoms with van der Waals surface area (Å²) >= 11 is 0. The highest BCUT2D eigenvalue weighted by atomic mass is 16.5. The Labute approximate surface area is 138 Å². The second-order valence-corrected chi connectivity index (χ2v) is 6.00. The average molecular weight is 318 g/mol. The molecule has 1 aromatic rings. The molecule has 0 unspecified atom stereocenters. The van der Waals surface area contributed by atoms with Crippen molar-refractivity contribution in [2.75, 3.05) is 20.2 Å². The van der Waals surface area contributed by atoms with Gasteiger partial charge in [-0.15, -0.1) is 0 Å². The first-order chi connectivity index (χ1) is 11.1. The number of hydrogen-bond acceptors (Lipinski definition) is 3. The van der Waals surface area contributed by atoms with Gasteiger partial charge < -0.3 is 15.0 Å². The van der Waals surface area contributed by atoms with Crippen LogP contribution in [-0.2, 0) is 14.3 Å². The highest BCUT2D eigenvalue weighted by molar-refractivity contribution is 5.83. The number of nitrogens with zero attached hydrogens (tertiary/aromatic N) is 1. The van der Waals surface area contributed by atoms with Gasteiger partial charge in [0.15, 0.2) is 6.10 Å². The van der Waals surface area contributed by atoms with E-state index in [1.807, 2.05) is 35.2 Å². The molecule has 1 aliphatic rings. The van der Waals surface area contributed by atoms with E-state index in [0.717, 1.165) is 24.9 Å². The van der Waals surface area contributed by atoms with Gasteiger partial charge >= 0.3 is 0 Å². The van der Waals surface area contributed by atoms with E-state index in [9.17, 15) is 9.59 Å². The average Bonchev–Trinajstić information content (AvgIpc) is 2.57. The van der Waals surface area contributed by atoms with E-state index < -0.39 is 6.10 Å². The van der Waals surface area contributed by atoms with Crippen LogP contribution in [-0.4, -0.2) is 43.0 Å². The number of carbonyl (C=O) groups is 2. The lowest BCUT2D eigenvalue weighted by atomic mass is 10.0. The van der Waals surface area contributed by atoms with E-state index >= 15 is 0 Å². The number of nitrogens with one attached hydrogen (secondary N) is 1. The second-order valence-electron chi connectivity index (χ2n) is 6.00. The Hall–Kier alpha value is -1.88. The summed E-state index contributed by atoms with van der Waals surface area (Å²) in [6.07, 6.45) is 3.02. The summed E-state index contributed by atoms with van der Waals surface area (Å²) in [5.41, 5.74) is 0.809. The first-order valence-electron chi connectivity index (χ1n) is 8.28. The molecule has 2 rings (SSSR count). The molecule has 23 heavy (non-hydrogen) atoms. The highest BCUT2D eigenvalue weighted by Gasteiger charge is 2.24. The number of ether oxygens (including phenoxy) is 1. The number of hydrogen-bond donors (Lipinski definition) is 1. The molecule has 5 nitrogen and oxygen atoms in total. The molecular weight excluding hydrogens is 292 g/mol. The highest BCUT2D eigenvalue weighted by Crippen LogP contribution is 2.18. The molecule has 1 aromatic carbocycles. The third-order valence-electron chi connectivity index (χ3n) is 4.34. The molecule has 0 aliphatic carbocycles. The standard InChI is InChI=1S/C18H26N2O3/c1-14-8-6-7-13-20(14)16(21)11-12-19-18(22)17(23-2)15-9-4-3-5-10-15/h3-5,9-10,14,17H,6-8,11-13H2,1-2H3,(H,19,22)/t14-,17-/m1/s1. The van der Waals surface area contributed by atoms with Crippen molar-refractivity contribution in [3.05, 3.63) is 35.9 Å². The zero-order valence-corrected chi connectivity index (χ0v) is 14.0. The van der Waals surface area contributed by atoms with E-state index in [1.165, 1.54) is 13.5 Å². The fourth-order valence-corrected chi connectivity index (χ4v) is 3.02. The molecule has 1 saturated heterocycles. The van der Waals surface area contributed by atoms with Gasteiger partial charge in [0.2, 0.25) is 5.91 Å². The fraction of sp³-hybridized carbons (Fsp3) is 0.556. The van der Waals surface area contributed by atoms with Crippen LogP contribution in [0.25, 0.3) is 0 Å². The Bertz CT molecular complexity index is 518. The molecule has 1 fully saturated rings. The largest absolute Gasteiger partial charge is 0.367 e. The zero-order valence-electron chi connectivity index (χ0n) is 14.0. The lowest BCUT2D eigenvalue weighted by Gasteiger charge is -2.33. The molecule has 0 aromatic heterocycles. The van der Waals surface area contributed by atoms with Crippen molar-refractivity contribution < 1.29 is 14.3 Å². The van der Waals surface area contributed by atoms with E-state index in [2.05, 4.69) is 12.2 Å². The van der Waals surface area contributed by atoms with Gasteiger partial charge in [-0.25, -0.2) is 0 Å². The Morgan fingerprint density at radius 2 is 2.04 bits per heavy atom. The lowest BCUT2D eigenvalue weighted by molar-refractivity contribution is -0.135. The third-order valence-corrected chi connectivity index (χ3v) is 4.34. The van der Waals surface area contributed by atoms with Crippen molar-refractivity contribution >= 4 is 11.8 Å². The molecule has 2 atom stereocenters. The number of piperidine rings is 1. The minimum atomic E-state index is -0.639. The molecule has 5 heteroatoms. The Balaban J connectivity index is 1.80. The third kappa shape index (κ3) is 4.79. The minimum absolute atomic E-state index is 0.117. The quantitative estimate of drug-likeness (QED) is 0.875. The summed E-state index contributed by atoms with van der Waals surface area (Å²) in [5.74, 6) is -0.0932. The molecule has 1 heterocycles. The summed E-state index contributed by atoms with van der Waals surface area (Å²) < 4.78 is 5.28. The Morgan fingerprint density at radius 3 is 2.70 bits per heavy atom. The topological polar surface area (TPSA) is 58.6 Å².